The molecule has 0 unspecified atom stereocenters. The van der Waals surface area contributed by atoms with Crippen LogP contribution in [-0.2, 0) is 0 Å². The van der Waals surface area contributed by atoms with E-state index in [0.29, 0.717) is 11.3 Å². The lowest BCUT2D eigenvalue weighted by molar-refractivity contribution is 0.291. The van der Waals surface area contributed by atoms with Crippen molar-refractivity contribution < 1.29 is 5.11 Å². The first kappa shape index (κ1) is 13.2. The molecule has 0 aromatic rings. The van der Waals surface area contributed by atoms with E-state index in [2.05, 4.69) is 39.5 Å². The van der Waals surface area contributed by atoms with Gasteiger partial charge in [-0.25, -0.2) is 0 Å². The summed E-state index contributed by atoms with van der Waals surface area (Å²) in [5.41, 5.74) is 2.90. The Balaban J connectivity index is 2.60. The Labute approximate surface area is 99.6 Å². The molecule has 0 fully saturated rings. The van der Waals surface area contributed by atoms with Gasteiger partial charge < -0.3 is 5.11 Å². The maximum Gasteiger partial charge on any atom is 0.0644 e. The highest BCUT2D eigenvalue weighted by atomic mass is 16.3. The minimum Gasteiger partial charge on any atom is -0.392 e. The molecule has 1 rings (SSSR count). The molecule has 1 nitrogen and oxygen atoms in total. The maximum absolute atomic E-state index is 9.18. The third kappa shape index (κ3) is 2.85. The van der Waals surface area contributed by atoms with Crippen LogP contribution in [0.15, 0.2) is 36.0 Å². The fraction of sp³-hybridized carbons (Fsp3) is 0.600. The molecule has 0 bridgehead atoms. The Morgan fingerprint density at radius 2 is 2.31 bits per heavy atom. The maximum atomic E-state index is 9.18. The molecule has 0 aromatic carbocycles. The van der Waals surface area contributed by atoms with Crippen molar-refractivity contribution in [1.29, 1.82) is 0 Å². The average molecular weight is 220 g/mol. The van der Waals surface area contributed by atoms with Crippen molar-refractivity contribution >= 4 is 0 Å². The zero-order valence-electron chi connectivity index (χ0n) is 10.8. The van der Waals surface area contributed by atoms with Crippen LogP contribution in [0, 0.1) is 11.3 Å². The first-order valence-electron chi connectivity index (χ1n) is 6.09. The summed E-state index contributed by atoms with van der Waals surface area (Å²) >= 11 is 0. The molecule has 0 heterocycles. The van der Waals surface area contributed by atoms with Crippen molar-refractivity contribution in [2.45, 2.75) is 40.0 Å². The zero-order valence-corrected chi connectivity index (χ0v) is 10.8. The van der Waals surface area contributed by atoms with Gasteiger partial charge in [0.15, 0.2) is 0 Å². The molecule has 0 aromatic heterocycles. The van der Waals surface area contributed by atoms with Gasteiger partial charge in [-0.15, -0.1) is 6.58 Å². The third-order valence-electron chi connectivity index (χ3n) is 4.05. The molecule has 0 aliphatic heterocycles. The summed E-state index contributed by atoms with van der Waals surface area (Å²) in [6.07, 6.45) is 9.43. The van der Waals surface area contributed by atoms with E-state index in [1.165, 1.54) is 12.0 Å². The number of hydrogen-bond donors (Lipinski definition) is 1. The normalized spacial score (nSPS) is 24.4. The van der Waals surface area contributed by atoms with Crippen LogP contribution in [0.25, 0.3) is 0 Å². The van der Waals surface area contributed by atoms with Crippen LogP contribution in [0.5, 0.6) is 0 Å². The second-order valence-electron chi connectivity index (χ2n) is 5.29. The van der Waals surface area contributed by atoms with E-state index in [4.69, 9.17) is 0 Å². The summed E-state index contributed by atoms with van der Waals surface area (Å²) in [5, 5.41) is 9.18. The largest absolute Gasteiger partial charge is 0.392 e. The molecule has 0 saturated carbocycles. The van der Waals surface area contributed by atoms with E-state index in [0.717, 1.165) is 18.4 Å². The Hall–Kier alpha value is -0.820. The number of aliphatic hydroxyl groups is 1. The van der Waals surface area contributed by atoms with Gasteiger partial charge in [-0.3, -0.25) is 0 Å². The fourth-order valence-electron chi connectivity index (χ4n) is 2.30. The Bertz CT molecular complexity index is 307. The minimum atomic E-state index is 0.158. The van der Waals surface area contributed by atoms with Crippen molar-refractivity contribution in [3.63, 3.8) is 0 Å². The van der Waals surface area contributed by atoms with Gasteiger partial charge in [0.1, 0.15) is 0 Å². The summed E-state index contributed by atoms with van der Waals surface area (Å²) in [6.45, 7) is 10.7. The van der Waals surface area contributed by atoms with Crippen LogP contribution in [0.2, 0.25) is 0 Å². The smallest absolute Gasteiger partial charge is 0.0644 e. The number of rotatable bonds is 5. The highest BCUT2D eigenvalue weighted by molar-refractivity contribution is 5.19. The van der Waals surface area contributed by atoms with Gasteiger partial charge in [0.2, 0.25) is 0 Å². The predicted octanol–water partition coefficient (Wildman–Crippen LogP) is 3.86. The lowest BCUT2D eigenvalue weighted by Crippen LogP contribution is -2.19. The SMILES string of the molecule is C=CC/C(=C\C[C@@H]1CC=C(C)C1(C)C)CO. The molecule has 16 heavy (non-hydrogen) atoms. The zero-order chi connectivity index (χ0) is 12.2. The molecule has 1 atom stereocenters. The molecule has 0 spiro atoms. The van der Waals surface area contributed by atoms with E-state index < -0.39 is 0 Å². The van der Waals surface area contributed by atoms with E-state index in [1.807, 2.05) is 6.08 Å². The molecule has 0 amide bonds. The van der Waals surface area contributed by atoms with Crippen LogP contribution in [0.1, 0.15) is 40.0 Å². The van der Waals surface area contributed by atoms with Crippen LogP contribution >= 0.6 is 0 Å². The van der Waals surface area contributed by atoms with Gasteiger partial charge in [0.05, 0.1) is 6.61 Å². The highest BCUT2D eigenvalue weighted by Crippen LogP contribution is 2.44. The van der Waals surface area contributed by atoms with E-state index in [-0.39, 0.29) is 6.61 Å². The molecule has 1 aliphatic carbocycles. The summed E-state index contributed by atoms with van der Waals surface area (Å²) in [7, 11) is 0. The lowest BCUT2D eigenvalue weighted by Gasteiger charge is -2.29. The second kappa shape index (κ2) is 5.49. The number of aliphatic hydroxyl groups excluding tert-OH is 1. The average Bonchev–Trinajstić information content (AvgIpc) is 2.50. The summed E-state index contributed by atoms with van der Waals surface area (Å²) in [5.74, 6) is 0.680. The van der Waals surface area contributed by atoms with E-state index >= 15 is 0 Å². The third-order valence-corrected chi connectivity index (χ3v) is 4.05. The van der Waals surface area contributed by atoms with Crippen LogP contribution < -0.4 is 0 Å². The van der Waals surface area contributed by atoms with Crippen molar-refractivity contribution in [3.05, 3.63) is 36.0 Å². The van der Waals surface area contributed by atoms with Crippen molar-refractivity contribution in [2.75, 3.05) is 6.61 Å². The Morgan fingerprint density at radius 3 is 2.75 bits per heavy atom. The van der Waals surface area contributed by atoms with Crippen LogP contribution in [0.4, 0.5) is 0 Å². The van der Waals surface area contributed by atoms with Gasteiger partial charge in [0.25, 0.3) is 0 Å². The topological polar surface area (TPSA) is 20.2 Å². The van der Waals surface area contributed by atoms with Gasteiger partial charge in [-0.05, 0) is 43.1 Å². The quantitative estimate of drug-likeness (QED) is 0.697. The van der Waals surface area contributed by atoms with Gasteiger partial charge >= 0.3 is 0 Å². The first-order chi connectivity index (χ1) is 7.52. The van der Waals surface area contributed by atoms with Crippen LogP contribution in [0.3, 0.4) is 0 Å². The van der Waals surface area contributed by atoms with Gasteiger partial charge in [0, 0.05) is 0 Å². The molecule has 1 N–H and O–H groups in total. The minimum absolute atomic E-state index is 0.158. The Morgan fingerprint density at radius 1 is 1.62 bits per heavy atom. The molecule has 1 aliphatic rings. The fourth-order valence-corrected chi connectivity index (χ4v) is 2.30. The Kier molecular flexibility index (Phi) is 4.55. The standard InChI is InChI=1S/C15H24O/c1-5-6-13(11-16)8-10-14-9-7-12(2)15(14,3)4/h5,7-8,14,16H,1,6,9-11H2,2-4H3/b13-8+/t14-/m0/s1. The molecular weight excluding hydrogens is 196 g/mol. The molecule has 1 heteroatoms. The first-order valence-corrected chi connectivity index (χ1v) is 6.09. The molecular formula is C15H24O. The summed E-state index contributed by atoms with van der Waals surface area (Å²) in [6, 6.07) is 0. The van der Waals surface area contributed by atoms with Gasteiger partial charge in [-0.2, -0.15) is 0 Å². The molecule has 0 radical (unpaired) electrons. The molecule has 90 valence electrons. The second-order valence-corrected chi connectivity index (χ2v) is 5.29. The van der Waals surface area contributed by atoms with Gasteiger partial charge in [-0.1, -0.05) is 37.6 Å². The summed E-state index contributed by atoms with van der Waals surface area (Å²) in [4.78, 5) is 0. The number of allylic oxidation sites excluding steroid dienone is 4. The van der Waals surface area contributed by atoms with Crippen molar-refractivity contribution in [1.82, 2.24) is 0 Å². The highest BCUT2D eigenvalue weighted by Gasteiger charge is 2.33. The lowest BCUT2D eigenvalue weighted by atomic mass is 9.76. The molecule has 0 saturated heterocycles. The van der Waals surface area contributed by atoms with E-state index in [1.54, 1.807) is 0 Å². The van der Waals surface area contributed by atoms with Crippen molar-refractivity contribution in [3.8, 4) is 0 Å². The van der Waals surface area contributed by atoms with E-state index in [9.17, 15) is 5.11 Å². The summed E-state index contributed by atoms with van der Waals surface area (Å²) < 4.78 is 0. The van der Waals surface area contributed by atoms with Crippen molar-refractivity contribution in [2.24, 2.45) is 11.3 Å². The predicted molar refractivity (Wildman–Crippen MR) is 70.2 cm³/mol. The number of hydrogen-bond acceptors (Lipinski definition) is 1. The monoisotopic (exact) mass is 220 g/mol. The van der Waals surface area contributed by atoms with Crippen LogP contribution in [-0.4, -0.2) is 11.7 Å².